The second-order valence-electron chi connectivity index (χ2n) is 33.3. The molecule has 6 aromatic rings. The SMILES string of the molecule is NC(=O)c1ccc2c(c1)NC(=O)N(C1CCN(C=O)CC1)C2.O=CN1CCC(N2C(=O)Nc3ccccc3S2(=O)=O)CC1.O=CN1CCC(N2CC3CCCCC3NC2=O)CC1.O=CN1CCC(N2Cc3ccc(C(=O)NCCO)cc3NC2=O)CC1.O=CN1CCC(N2Cc3ccc(C(=O)O)cc3NC2=O)CC1.O=CN1CCC(n2cnc3ccccc32)CC1. The number of para-hydroxylation sites is 3. The van der Waals surface area contributed by atoms with Crippen molar-refractivity contribution in [2.75, 3.05) is 120 Å². The highest BCUT2D eigenvalue weighted by Gasteiger charge is 2.44. The highest BCUT2D eigenvalue weighted by Crippen LogP contribution is 2.37. The van der Waals surface area contributed by atoms with Crippen LogP contribution in [0.4, 0.5) is 46.7 Å². The molecular weight excluding hydrogens is 1650 g/mol. The van der Waals surface area contributed by atoms with Crippen molar-refractivity contribution in [3.8, 4) is 0 Å². The summed E-state index contributed by atoms with van der Waals surface area (Å²) in [6, 6.07) is 29.7. The van der Waals surface area contributed by atoms with Gasteiger partial charge < -0.3 is 101 Å². The number of nitrogens with zero attached hydrogens (tertiary/aromatic N) is 13. The second-order valence-corrected chi connectivity index (χ2v) is 35.1. The van der Waals surface area contributed by atoms with Gasteiger partial charge in [0.05, 0.1) is 41.3 Å². The number of carboxylic acid groups (broad SMARTS) is 1. The maximum absolute atomic E-state index is 12.6. The minimum absolute atomic E-state index is 0.100. The second kappa shape index (κ2) is 42.2. The first-order chi connectivity index (χ1) is 61.0. The quantitative estimate of drug-likeness (QED) is 0.0449. The predicted octanol–water partition coefficient (Wildman–Crippen LogP) is 6.35. The minimum Gasteiger partial charge on any atom is -0.478 e. The van der Waals surface area contributed by atoms with Gasteiger partial charge in [-0.05, 0) is 173 Å². The third kappa shape index (κ3) is 21.9. The van der Waals surface area contributed by atoms with Gasteiger partial charge in [0.2, 0.25) is 44.4 Å². The number of hydrogen-bond acceptors (Lipinski definition) is 18. The van der Waals surface area contributed by atoms with E-state index in [1.54, 1.807) is 88.9 Å². The number of hydrogen-bond donors (Lipinski definition) is 9. The molecule has 18 rings (SSSR count). The van der Waals surface area contributed by atoms with Crippen molar-refractivity contribution in [1.82, 2.24) is 73.5 Å². The molecule has 18 amide bonds. The molecular formula is C87H110N20O18S. The highest BCUT2D eigenvalue weighted by molar-refractivity contribution is 7.90. The topological polar surface area (TPSA) is 465 Å². The Morgan fingerprint density at radius 3 is 1.29 bits per heavy atom. The number of urea groups is 5. The van der Waals surface area contributed by atoms with Crippen molar-refractivity contribution < 1.29 is 85.8 Å². The fourth-order valence-electron chi connectivity index (χ4n) is 18.4. The maximum atomic E-state index is 12.6. The third-order valence-electron chi connectivity index (χ3n) is 25.7. The summed E-state index contributed by atoms with van der Waals surface area (Å²) in [7, 11) is -3.84. The van der Waals surface area contributed by atoms with Crippen LogP contribution in [-0.2, 0) is 58.4 Å². The van der Waals surface area contributed by atoms with Crippen LogP contribution < -0.4 is 37.6 Å². The number of piperidine rings is 6. The summed E-state index contributed by atoms with van der Waals surface area (Å²) in [6.45, 7) is 10.6. The number of benzene rings is 5. The molecule has 12 heterocycles. The molecule has 0 bridgehead atoms. The molecule has 1 saturated carbocycles. The zero-order valence-corrected chi connectivity index (χ0v) is 71.1. The first kappa shape index (κ1) is 90.8. The molecule has 11 aliphatic heterocycles. The molecule has 5 aromatic carbocycles. The molecule has 2 atom stereocenters. The number of nitrogens with one attached hydrogen (secondary N) is 6. The number of aliphatic hydroxyl groups excluding tert-OH is 1. The summed E-state index contributed by atoms with van der Waals surface area (Å²) in [5.41, 5.74) is 13.5. The van der Waals surface area contributed by atoms with E-state index in [-0.39, 0.29) is 71.8 Å². The van der Waals surface area contributed by atoms with E-state index >= 15 is 0 Å². The Bertz CT molecular complexity index is 4960. The average molecular weight is 1760 g/mol. The van der Waals surface area contributed by atoms with Crippen molar-refractivity contribution in [3.63, 3.8) is 0 Å². The number of aromatic carboxylic acids is 1. The van der Waals surface area contributed by atoms with Crippen LogP contribution in [0, 0.1) is 5.92 Å². The van der Waals surface area contributed by atoms with E-state index in [4.69, 9.17) is 15.9 Å². The number of amides is 18. The first-order valence-corrected chi connectivity index (χ1v) is 44.6. The summed E-state index contributed by atoms with van der Waals surface area (Å²) in [4.78, 5) is 182. The number of nitrogens with two attached hydrogens (primary N) is 1. The Morgan fingerprint density at radius 1 is 0.444 bits per heavy atom. The third-order valence-corrected chi connectivity index (χ3v) is 27.6. The highest BCUT2D eigenvalue weighted by atomic mass is 32.2. The van der Waals surface area contributed by atoms with Gasteiger partial charge in [-0.25, -0.2) is 46.5 Å². The van der Waals surface area contributed by atoms with Crippen LogP contribution in [0.5, 0.6) is 0 Å². The minimum atomic E-state index is -3.84. The molecule has 38 nitrogen and oxygen atoms in total. The molecule has 12 aliphatic rings. The smallest absolute Gasteiger partial charge is 0.336 e. The number of rotatable bonds is 17. The van der Waals surface area contributed by atoms with Gasteiger partial charge in [-0.1, -0.05) is 55.3 Å². The number of carbonyl (C=O) groups is 14. The fraction of sp³-hybridized carbons (Fsp3) is 0.483. The Labute approximate surface area is 729 Å². The summed E-state index contributed by atoms with van der Waals surface area (Å²) < 4.78 is 28.5. The number of likely N-dealkylation sites (tertiary alicyclic amines) is 6. The van der Waals surface area contributed by atoms with E-state index in [2.05, 4.69) is 47.5 Å². The van der Waals surface area contributed by atoms with Crippen LogP contribution in [0.1, 0.15) is 157 Å². The van der Waals surface area contributed by atoms with Crippen LogP contribution in [0.3, 0.4) is 0 Å². The lowest BCUT2D eigenvalue weighted by molar-refractivity contribution is -0.120. The van der Waals surface area contributed by atoms with Crippen LogP contribution >= 0.6 is 0 Å². The maximum Gasteiger partial charge on any atom is 0.336 e. The number of primary amides is 1. The fourth-order valence-corrected chi connectivity index (χ4v) is 20.2. The Balaban J connectivity index is 0.000000130. The number of aliphatic hydroxyl groups is 1. The van der Waals surface area contributed by atoms with E-state index in [1.165, 1.54) is 36.9 Å². The number of sulfonamides is 1. The van der Waals surface area contributed by atoms with E-state index in [1.807, 2.05) is 51.4 Å². The van der Waals surface area contributed by atoms with E-state index in [0.717, 1.165) is 168 Å². The molecule has 126 heavy (non-hydrogen) atoms. The molecule has 1 aliphatic carbocycles. The van der Waals surface area contributed by atoms with Gasteiger partial charge in [0, 0.05) is 176 Å². The Kier molecular flexibility index (Phi) is 30.4. The Morgan fingerprint density at radius 2 is 0.833 bits per heavy atom. The molecule has 2 unspecified atom stereocenters. The van der Waals surface area contributed by atoms with E-state index in [9.17, 15) is 75.5 Å². The first-order valence-electron chi connectivity index (χ1n) is 43.1. The molecule has 8 fully saturated rings. The summed E-state index contributed by atoms with van der Waals surface area (Å²) in [6.07, 6.45) is 21.4. The molecule has 1 aromatic heterocycles. The number of fused-ring (bicyclic) bond motifs is 6. The molecule has 39 heteroatoms. The monoisotopic (exact) mass is 1750 g/mol. The molecule has 10 N–H and O–H groups in total. The van der Waals surface area contributed by atoms with Crippen molar-refractivity contribution >= 4 is 130 Å². The van der Waals surface area contributed by atoms with Gasteiger partial charge in [-0.15, -0.1) is 0 Å². The summed E-state index contributed by atoms with van der Waals surface area (Å²) >= 11 is 0. The summed E-state index contributed by atoms with van der Waals surface area (Å²) in [5.74, 6) is -1.17. The Hall–Kier alpha value is -12.9. The molecule has 672 valence electrons. The lowest BCUT2D eigenvalue weighted by Gasteiger charge is -2.46. The van der Waals surface area contributed by atoms with Gasteiger partial charge in [0.25, 0.3) is 15.9 Å². The number of carboxylic acids is 1. The van der Waals surface area contributed by atoms with Crippen molar-refractivity contribution in [2.24, 2.45) is 11.7 Å². The van der Waals surface area contributed by atoms with Crippen LogP contribution in [0.15, 0.2) is 114 Å². The van der Waals surface area contributed by atoms with Crippen molar-refractivity contribution in [2.45, 2.75) is 170 Å². The van der Waals surface area contributed by atoms with Crippen LogP contribution in [0.25, 0.3) is 11.0 Å². The van der Waals surface area contributed by atoms with Crippen LogP contribution in [-0.4, -0.2) is 302 Å². The van der Waals surface area contributed by atoms with Crippen LogP contribution in [0.2, 0.25) is 0 Å². The van der Waals surface area contributed by atoms with E-state index in [0.29, 0.717) is 143 Å². The lowest BCUT2D eigenvalue weighted by atomic mass is 9.82. The van der Waals surface area contributed by atoms with Gasteiger partial charge in [0.1, 0.15) is 4.90 Å². The van der Waals surface area contributed by atoms with Crippen molar-refractivity contribution in [3.05, 3.63) is 143 Å². The van der Waals surface area contributed by atoms with Crippen molar-refractivity contribution in [1.29, 1.82) is 0 Å². The predicted molar refractivity (Wildman–Crippen MR) is 462 cm³/mol. The number of aromatic nitrogens is 2. The lowest BCUT2D eigenvalue weighted by Crippen LogP contribution is -2.61. The van der Waals surface area contributed by atoms with Gasteiger partial charge >= 0.3 is 36.1 Å². The van der Waals surface area contributed by atoms with E-state index < -0.39 is 34.0 Å². The summed E-state index contributed by atoms with van der Waals surface area (Å²) in [5, 5.41) is 34.6. The zero-order valence-electron chi connectivity index (χ0n) is 70.2. The largest absolute Gasteiger partial charge is 0.478 e. The van der Waals surface area contributed by atoms with Gasteiger partial charge in [0.15, 0.2) is 0 Å². The van der Waals surface area contributed by atoms with Gasteiger partial charge in [-0.3, -0.25) is 38.4 Å². The van der Waals surface area contributed by atoms with Gasteiger partial charge in [-0.2, -0.15) is 0 Å². The number of imidazole rings is 1. The number of anilines is 4. The standard InChI is InChI=1S/C17H22N4O4.C15H18N4O3.C15H17N3O4.C14H23N3O2.C13H15N3O4S.C13H15N3O/c22-8-5-18-16(24)12-1-2-13-10-21(17(25)19-15(13)9-12)14-3-6-20(11-23)7-4-14;16-14(21)10-1-2-11-8-19(15(22)17-13(11)7-10)12-3-5-18(9-20)6-4-12;19-9-17-5-3-12(4-6-17)18-8-11-2-1-10(14(20)21)7-13(11)16-15(18)22;18-10-16-7-5-12(6-8-16)17-9-11-3-1-2-4-13(11)15-14(17)19;17-9-15-7-5-10(6-8-15)16-13(18)14-11-3-1-2-4-12(11)21(16,19)20;17-10-15-7-5-11(6-8-15)16-9-14-12-3-1-2-4-13(12)16/h1-2,9,11,14,22H,3-8,10H2,(H,18,24)(H,19,25);1-2,7,9,12H,3-6,8H2,(H2,16,21)(H,17,22);1-2,7,9,12H,3-6,8H2,(H,16,22)(H,20,21);10-13H,1-9H2,(H,15,19);1-4,9-10H,5-8H2,(H,14,18);1-4,9-11H,5-8H2. The molecule has 7 saturated heterocycles. The number of carbonyl (C=O) groups excluding carboxylic acids is 13. The normalized spacial score (nSPS) is 20.9. The zero-order chi connectivity index (χ0) is 89.1. The average Bonchev–Trinajstić information content (AvgIpc) is 1.01. The molecule has 0 radical (unpaired) electrons. The molecule has 0 spiro atoms.